The standard InChI is InChI=1S/C20H23N3O2/c1-12-5-2-3-6-14(12)15-11-16(15)20(24)23-10-4-7-17(23)18-21-19(25-22-18)13-8-9-13/h2-3,5-6,13,15-17H,4,7-11H2,1H3. The summed E-state index contributed by atoms with van der Waals surface area (Å²) < 4.78 is 5.41. The Morgan fingerprint density at radius 1 is 1.24 bits per heavy atom. The molecule has 1 aromatic heterocycles. The van der Waals surface area contributed by atoms with Crippen LogP contribution < -0.4 is 0 Å². The van der Waals surface area contributed by atoms with Crippen LogP contribution in [0.25, 0.3) is 0 Å². The summed E-state index contributed by atoms with van der Waals surface area (Å²) in [4.78, 5) is 19.7. The van der Waals surface area contributed by atoms with Gasteiger partial charge in [-0.2, -0.15) is 4.98 Å². The van der Waals surface area contributed by atoms with Crippen molar-refractivity contribution in [1.29, 1.82) is 0 Å². The van der Waals surface area contributed by atoms with Gasteiger partial charge in [0, 0.05) is 18.4 Å². The molecule has 1 aliphatic heterocycles. The van der Waals surface area contributed by atoms with E-state index in [9.17, 15) is 4.79 Å². The van der Waals surface area contributed by atoms with Crippen LogP contribution in [0.4, 0.5) is 0 Å². The van der Waals surface area contributed by atoms with E-state index in [2.05, 4.69) is 41.3 Å². The molecule has 3 fully saturated rings. The van der Waals surface area contributed by atoms with E-state index in [0.717, 1.165) is 44.5 Å². The SMILES string of the molecule is Cc1ccccc1C1CC1C(=O)N1CCCC1c1noc(C2CC2)n1. The lowest BCUT2D eigenvalue weighted by Crippen LogP contribution is -2.32. The van der Waals surface area contributed by atoms with Gasteiger partial charge in [0.05, 0.1) is 6.04 Å². The molecule has 2 aromatic rings. The number of aromatic nitrogens is 2. The topological polar surface area (TPSA) is 59.2 Å². The third-order valence-corrected chi connectivity index (χ3v) is 5.91. The lowest BCUT2D eigenvalue weighted by atomic mass is 10.0. The number of amides is 1. The van der Waals surface area contributed by atoms with E-state index in [1.165, 1.54) is 11.1 Å². The molecule has 0 bridgehead atoms. The molecule has 0 N–H and O–H groups in total. The van der Waals surface area contributed by atoms with Crippen LogP contribution in [0.5, 0.6) is 0 Å². The second-order valence-electron chi connectivity index (χ2n) is 7.76. The Labute approximate surface area is 147 Å². The van der Waals surface area contributed by atoms with Crippen molar-refractivity contribution in [2.24, 2.45) is 5.92 Å². The van der Waals surface area contributed by atoms with Crippen LogP contribution in [0.3, 0.4) is 0 Å². The molecule has 1 aromatic carbocycles. The Balaban J connectivity index is 1.32. The fourth-order valence-corrected chi connectivity index (χ4v) is 4.21. The molecule has 3 aliphatic rings. The molecular formula is C20H23N3O2. The number of likely N-dealkylation sites (tertiary alicyclic amines) is 1. The summed E-state index contributed by atoms with van der Waals surface area (Å²) in [6, 6.07) is 8.42. The van der Waals surface area contributed by atoms with Crippen LogP contribution in [0.2, 0.25) is 0 Å². The van der Waals surface area contributed by atoms with Crippen LogP contribution >= 0.6 is 0 Å². The minimum Gasteiger partial charge on any atom is -0.339 e. The van der Waals surface area contributed by atoms with Gasteiger partial charge in [0.15, 0.2) is 5.82 Å². The first kappa shape index (κ1) is 15.1. The normalized spacial score (nSPS) is 28.4. The Morgan fingerprint density at radius 3 is 2.88 bits per heavy atom. The van der Waals surface area contributed by atoms with Gasteiger partial charge in [0.1, 0.15) is 0 Å². The predicted molar refractivity (Wildman–Crippen MR) is 92.0 cm³/mol. The first-order valence-electron chi connectivity index (χ1n) is 9.42. The molecule has 2 aliphatic carbocycles. The molecule has 5 rings (SSSR count). The van der Waals surface area contributed by atoms with E-state index in [4.69, 9.17) is 4.52 Å². The zero-order valence-electron chi connectivity index (χ0n) is 14.5. The first-order valence-corrected chi connectivity index (χ1v) is 9.42. The van der Waals surface area contributed by atoms with Gasteiger partial charge < -0.3 is 9.42 Å². The molecule has 1 amide bonds. The summed E-state index contributed by atoms with van der Waals surface area (Å²) in [5.41, 5.74) is 2.61. The average Bonchev–Trinajstić information content (AvgIpc) is 3.52. The Hall–Kier alpha value is -2.17. The van der Waals surface area contributed by atoms with Gasteiger partial charge in [-0.15, -0.1) is 0 Å². The lowest BCUT2D eigenvalue weighted by molar-refractivity contribution is -0.133. The van der Waals surface area contributed by atoms with Gasteiger partial charge in [-0.1, -0.05) is 29.4 Å². The maximum Gasteiger partial charge on any atom is 0.229 e. The maximum atomic E-state index is 13.1. The van der Waals surface area contributed by atoms with Gasteiger partial charge in [0.2, 0.25) is 11.8 Å². The molecule has 2 saturated carbocycles. The Morgan fingerprint density at radius 2 is 2.08 bits per heavy atom. The van der Waals surface area contributed by atoms with E-state index in [-0.39, 0.29) is 17.9 Å². The number of nitrogens with zero attached hydrogens (tertiary/aromatic N) is 3. The molecule has 3 atom stereocenters. The molecule has 5 heteroatoms. The van der Waals surface area contributed by atoms with E-state index in [0.29, 0.717) is 17.7 Å². The van der Waals surface area contributed by atoms with Crippen LogP contribution in [0.15, 0.2) is 28.8 Å². The van der Waals surface area contributed by atoms with Crippen LogP contribution in [-0.4, -0.2) is 27.5 Å². The highest BCUT2D eigenvalue weighted by atomic mass is 16.5. The monoisotopic (exact) mass is 337 g/mol. The highest BCUT2D eigenvalue weighted by Gasteiger charge is 2.48. The largest absolute Gasteiger partial charge is 0.339 e. The number of benzene rings is 1. The van der Waals surface area contributed by atoms with Crippen molar-refractivity contribution < 1.29 is 9.32 Å². The lowest BCUT2D eigenvalue weighted by Gasteiger charge is -2.22. The highest BCUT2D eigenvalue weighted by Crippen LogP contribution is 2.51. The maximum absolute atomic E-state index is 13.1. The average molecular weight is 337 g/mol. The van der Waals surface area contributed by atoms with E-state index in [1.807, 2.05) is 4.90 Å². The predicted octanol–water partition coefficient (Wildman–Crippen LogP) is 3.72. The molecule has 0 radical (unpaired) electrons. The number of aryl methyl sites for hydroxylation is 1. The minimum absolute atomic E-state index is 0.00173. The molecule has 2 heterocycles. The smallest absolute Gasteiger partial charge is 0.229 e. The number of carbonyl (C=O) groups excluding carboxylic acids is 1. The summed E-state index contributed by atoms with van der Waals surface area (Å²) in [5, 5.41) is 4.18. The summed E-state index contributed by atoms with van der Waals surface area (Å²) in [7, 11) is 0. The Bertz CT molecular complexity index is 811. The third-order valence-electron chi connectivity index (χ3n) is 5.91. The van der Waals surface area contributed by atoms with E-state index < -0.39 is 0 Å². The summed E-state index contributed by atoms with van der Waals surface area (Å²) in [6.45, 7) is 2.94. The van der Waals surface area contributed by atoms with Gasteiger partial charge in [-0.25, -0.2) is 0 Å². The second-order valence-corrected chi connectivity index (χ2v) is 7.76. The molecule has 0 spiro atoms. The number of hydrogen-bond donors (Lipinski definition) is 0. The zero-order chi connectivity index (χ0) is 17.0. The fraction of sp³-hybridized carbons (Fsp3) is 0.550. The highest BCUT2D eigenvalue weighted by molar-refractivity contribution is 5.83. The zero-order valence-corrected chi connectivity index (χ0v) is 14.5. The molecule has 130 valence electrons. The van der Waals surface area contributed by atoms with Crippen molar-refractivity contribution in [1.82, 2.24) is 15.0 Å². The minimum atomic E-state index is 0.00173. The van der Waals surface area contributed by atoms with Crippen molar-refractivity contribution in [3.63, 3.8) is 0 Å². The number of carbonyl (C=O) groups is 1. The first-order chi connectivity index (χ1) is 12.2. The van der Waals surface area contributed by atoms with Crippen molar-refractivity contribution in [3.8, 4) is 0 Å². The quantitative estimate of drug-likeness (QED) is 0.853. The fourth-order valence-electron chi connectivity index (χ4n) is 4.21. The van der Waals surface area contributed by atoms with Gasteiger partial charge >= 0.3 is 0 Å². The third kappa shape index (κ3) is 2.66. The molecule has 5 nitrogen and oxygen atoms in total. The summed E-state index contributed by atoms with van der Waals surface area (Å²) in [5.74, 6) is 2.70. The van der Waals surface area contributed by atoms with Crippen molar-refractivity contribution in [2.75, 3.05) is 6.54 Å². The Kier molecular flexibility index (Phi) is 3.43. The molecular weight excluding hydrogens is 314 g/mol. The van der Waals surface area contributed by atoms with Crippen molar-refractivity contribution >= 4 is 5.91 Å². The van der Waals surface area contributed by atoms with Gasteiger partial charge in [-0.3, -0.25) is 4.79 Å². The van der Waals surface area contributed by atoms with Crippen LogP contribution in [0, 0.1) is 12.8 Å². The summed E-state index contributed by atoms with van der Waals surface area (Å²) in [6.07, 6.45) is 5.22. The molecule has 25 heavy (non-hydrogen) atoms. The molecule has 3 unspecified atom stereocenters. The van der Waals surface area contributed by atoms with E-state index >= 15 is 0 Å². The number of hydrogen-bond acceptors (Lipinski definition) is 4. The van der Waals surface area contributed by atoms with Crippen LogP contribution in [-0.2, 0) is 4.79 Å². The van der Waals surface area contributed by atoms with Crippen molar-refractivity contribution in [2.45, 2.75) is 56.9 Å². The van der Waals surface area contributed by atoms with E-state index in [1.54, 1.807) is 0 Å². The molecule has 1 saturated heterocycles. The summed E-state index contributed by atoms with van der Waals surface area (Å²) >= 11 is 0. The van der Waals surface area contributed by atoms with Crippen LogP contribution in [0.1, 0.15) is 72.8 Å². The van der Waals surface area contributed by atoms with Gasteiger partial charge in [-0.05, 0) is 56.1 Å². The number of rotatable bonds is 4. The second kappa shape index (κ2) is 5.68. The van der Waals surface area contributed by atoms with Crippen molar-refractivity contribution in [3.05, 3.63) is 47.1 Å². The van der Waals surface area contributed by atoms with Gasteiger partial charge in [0.25, 0.3) is 0 Å².